The second kappa shape index (κ2) is 5.80. The van der Waals surface area contributed by atoms with Crippen LogP contribution in [0.5, 0.6) is 0 Å². The van der Waals surface area contributed by atoms with Gasteiger partial charge in [0.2, 0.25) is 0 Å². The molecule has 1 aliphatic carbocycles. The topological polar surface area (TPSA) is 63.0 Å². The highest BCUT2D eigenvalue weighted by Gasteiger charge is 2.28. The molecular formula is C13H24N4O. The number of hydrogen-bond donors (Lipinski definition) is 2. The fourth-order valence-corrected chi connectivity index (χ4v) is 2.63. The highest BCUT2D eigenvalue weighted by molar-refractivity contribution is 4.89. The van der Waals surface area contributed by atoms with Gasteiger partial charge in [-0.1, -0.05) is 19.3 Å². The van der Waals surface area contributed by atoms with Crippen molar-refractivity contribution in [2.24, 2.45) is 0 Å². The van der Waals surface area contributed by atoms with Crippen LogP contribution in [-0.4, -0.2) is 32.0 Å². The van der Waals surface area contributed by atoms with Crippen LogP contribution in [0.2, 0.25) is 0 Å². The molecule has 5 heteroatoms. The third-order valence-electron chi connectivity index (χ3n) is 3.66. The first kappa shape index (κ1) is 13.5. The molecule has 1 aromatic heterocycles. The highest BCUT2D eigenvalue weighted by Crippen LogP contribution is 2.27. The summed E-state index contributed by atoms with van der Waals surface area (Å²) in [6.07, 6.45) is 6.95. The molecule has 102 valence electrons. The zero-order chi connectivity index (χ0) is 13.0. The van der Waals surface area contributed by atoms with Gasteiger partial charge in [0.25, 0.3) is 0 Å². The first-order valence-electron chi connectivity index (χ1n) is 6.92. The van der Waals surface area contributed by atoms with Gasteiger partial charge in [0.05, 0.1) is 12.1 Å². The third-order valence-corrected chi connectivity index (χ3v) is 3.66. The van der Waals surface area contributed by atoms with Gasteiger partial charge in [-0.2, -0.15) is 5.10 Å². The Morgan fingerprint density at radius 2 is 2.11 bits per heavy atom. The van der Waals surface area contributed by atoms with E-state index in [9.17, 15) is 5.11 Å². The van der Waals surface area contributed by atoms with Crippen molar-refractivity contribution < 1.29 is 5.11 Å². The summed E-state index contributed by atoms with van der Waals surface area (Å²) < 4.78 is 1.91. The van der Waals surface area contributed by atoms with Crippen molar-refractivity contribution in [3.63, 3.8) is 0 Å². The van der Waals surface area contributed by atoms with Crippen molar-refractivity contribution in [2.45, 2.75) is 64.1 Å². The first-order valence-corrected chi connectivity index (χ1v) is 6.92. The maximum atomic E-state index is 10.4. The normalized spacial score (nSPS) is 19.3. The molecular weight excluding hydrogens is 228 g/mol. The number of nitrogens with zero attached hydrogens (tertiary/aromatic N) is 3. The average molecular weight is 252 g/mol. The smallest absolute Gasteiger partial charge is 0.141 e. The summed E-state index contributed by atoms with van der Waals surface area (Å²) in [6.45, 7) is 5.50. The van der Waals surface area contributed by atoms with E-state index in [4.69, 9.17) is 0 Å². The van der Waals surface area contributed by atoms with Crippen molar-refractivity contribution in [1.29, 1.82) is 0 Å². The predicted molar refractivity (Wildman–Crippen MR) is 70.1 cm³/mol. The van der Waals surface area contributed by atoms with E-state index in [-0.39, 0.29) is 0 Å². The Hall–Kier alpha value is -0.940. The van der Waals surface area contributed by atoms with Crippen LogP contribution in [0.1, 0.15) is 57.8 Å². The standard InChI is InChI=1S/C13H24N4O/c1-11(2)17-12(15-10-16-17)8-14-9-13(18)6-4-3-5-7-13/h10-11,14,18H,3-9H2,1-2H3. The first-order chi connectivity index (χ1) is 8.61. The van der Waals surface area contributed by atoms with Gasteiger partial charge in [-0.3, -0.25) is 0 Å². The van der Waals surface area contributed by atoms with E-state index in [2.05, 4.69) is 29.2 Å². The molecule has 1 aliphatic rings. The van der Waals surface area contributed by atoms with Crippen LogP contribution in [0.25, 0.3) is 0 Å². The largest absolute Gasteiger partial charge is 0.389 e. The molecule has 0 aliphatic heterocycles. The number of nitrogens with one attached hydrogen (secondary N) is 1. The molecule has 0 spiro atoms. The van der Waals surface area contributed by atoms with Gasteiger partial charge in [0.1, 0.15) is 12.2 Å². The lowest BCUT2D eigenvalue weighted by Crippen LogP contribution is -2.42. The van der Waals surface area contributed by atoms with Crippen LogP contribution >= 0.6 is 0 Å². The molecule has 2 rings (SSSR count). The van der Waals surface area contributed by atoms with E-state index in [1.807, 2.05) is 4.68 Å². The van der Waals surface area contributed by atoms with Crippen LogP contribution in [-0.2, 0) is 6.54 Å². The second-order valence-electron chi connectivity index (χ2n) is 5.60. The van der Waals surface area contributed by atoms with Crippen molar-refractivity contribution in [3.05, 3.63) is 12.2 Å². The van der Waals surface area contributed by atoms with E-state index in [0.29, 0.717) is 19.1 Å². The molecule has 0 aromatic carbocycles. The summed E-state index contributed by atoms with van der Waals surface area (Å²) in [7, 11) is 0. The third kappa shape index (κ3) is 3.29. The molecule has 0 saturated heterocycles. The minimum atomic E-state index is -0.513. The molecule has 1 heterocycles. The van der Waals surface area contributed by atoms with Crippen molar-refractivity contribution >= 4 is 0 Å². The summed E-state index contributed by atoms with van der Waals surface area (Å²) in [6, 6.07) is 0.321. The van der Waals surface area contributed by atoms with E-state index >= 15 is 0 Å². The van der Waals surface area contributed by atoms with Crippen LogP contribution in [0.4, 0.5) is 0 Å². The molecule has 1 fully saturated rings. The molecule has 0 unspecified atom stereocenters. The molecule has 18 heavy (non-hydrogen) atoms. The molecule has 5 nitrogen and oxygen atoms in total. The van der Waals surface area contributed by atoms with Gasteiger partial charge >= 0.3 is 0 Å². The Labute approximate surface area is 109 Å². The monoisotopic (exact) mass is 252 g/mol. The maximum absolute atomic E-state index is 10.4. The number of hydrogen-bond acceptors (Lipinski definition) is 4. The summed E-state index contributed by atoms with van der Waals surface area (Å²) in [4.78, 5) is 4.25. The molecule has 0 atom stereocenters. The minimum absolute atomic E-state index is 0.321. The van der Waals surface area contributed by atoms with Crippen molar-refractivity contribution in [3.8, 4) is 0 Å². The fourth-order valence-electron chi connectivity index (χ4n) is 2.63. The highest BCUT2D eigenvalue weighted by atomic mass is 16.3. The van der Waals surface area contributed by atoms with E-state index < -0.39 is 5.60 Å². The quantitative estimate of drug-likeness (QED) is 0.836. The number of aromatic nitrogens is 3. The second-order valence-corrected chi connectivity index (χ2v) is 5.60. The lowest BCUT2D eigenvalue weighted by Gasteiger charge is -2.32. The zero-order valence-corrected chi connectivity index (χ0v) is 11.4. The SMILES string of the molecule is CC(C)n1ncnc1CNCC1(O)CCCCC1. The van der Waals surface area contributed by atoms with E-state index in [1.165, 1.54) is 6.42 Å². The number of aliphatic hydroxyl groups is 1. The van der Waals surface area contributed by atoms with Gasteiger partial charge in [-0.25, -0.2) is 9.67 Å². The fraction of sp³-hybridized carbons (Fsp3) is 0.846. The average Bonchev–Trinajstić information content (AvgIpc) is 2.78. The summed E-state index contributed by atoms with van der Waals surface area (Å²) in [5.74, 6) is 0.935. The van der Waals surface area contributed by atoms with Gasteiger partial charge < -0.3 is 10.4 Å². The molecule has 1 aromatic rings. The molecule has 1 saturated carbocycles. The maximum Gasteiger partial charge on any atom is 0.141 e. The Bertz CT molecular complexity index is 369. The Balaban J connectivity index is 1.82. The molecule has 2 N–H and O–H groups in total. The summed E-state index contributed by atoms with van der Waals surface area (Å²) in [5.41, 5.74) is -0.513. The molecule has 0 bridgehead atoms. The summed E-state index contributed by atoms with van der Waals surface area (Å²) >= 11 is 0. The predicted octanol–water partition coefficient (Wildman–Crippen LogP) is 1.64. The van der Waals surface area contributed by atoms with Gasteiger partial charge in [0, 0.05) is 12.6 Å². The Morgan fingerprint density at radius 1 is 1.39 bits per heavy atom. The Morgan fingerprint density at radius 3 is 2.78 bits per heavy atom. The zero-order valence-electron chi connectivity index (χ0n) is 11.4. The van der Waals surface area contributed by atoms with Crippen molar-refractivity contribution in [2.75, 3.05) is 6.54 Å². The van der Waals surface area contributed by atoms with Crippen LogP contribution in [0, 0.1) is 0 Å². The summed E-state index contributed by atoms with van der Waals surface area (Å²) in [5, 5.41) is 17.9. The Kier molecular flexibility index (Phi) is 4.35. The van der Waals surface area contributed by atoms with E-state index in [1.54, 1.807) is 6.33 Å². The van der Waals surface area contributed by atoms with Crippen molar-refractivity contribution in [1.82, 2.24) is 20.1 Å². The van der Waals surface area contributed by atoms with Gasteiger partial charge in [-0.15, -0.1) is 0 Å². The lowest BCUT2D eigenvalue weighted by molar-refractivity contribution is 0.00448. The van der Waals surface area contributed by atoms with Gasteiger partial charge in [0.15, 0.2) is 0 Å². The van der Waals surface area contributed by atoms with Crippen LogP contribution in [0.3, 0.4) is 0 Å². The molecule has 0 radical (unpaired) electrons. The van der Waals surface area contributed by atoms with Crippen LogP contribution < -0.4 is 5.32 Å². The van der Waals surface area contributed by atoms with Crippen LogP contribution in [0.15, 0.2) is 6.33 Å². The van der Waals surface area contributed by atoms with Gasteiger partial charge in [-0.05, 0) is 26.7 Å². The lowest BCUT2D eigenvalue weighted by atomic mass is 9.85. The minimum Gasteiger partial charge on any atom is -0.389 e. The number of rotatable bonds is 5. The molecule has 0 amide bonds. The van der Waals surface area contributed by atoms with E-state index in [0.717, 1.165) is 31.5 Å².